The van der Waals surface area contributed by atoms with Gasteiger partial charge in [0.25, 0.3) is 5.91 Å². The Kier molecular flexibility index (Phi) is 6.16. The maximum absolute atomic E-state index is 13.0. The Labute approximate surface area is 186 Å². The molecule has 0 radical (unpaired) electrons. The zero-order chi connectivity index (χ0) is 22.6. The van der Waals surface area contributed by atoms with Crippen LogP contribution in [0.2, 0.25) is 0 Å². The Morgan fingerprint density at radius 2 is 1.53 bits per heavy atom. The van der Waals surface area contributed by atoms with E-state index in [-0.39, 0.29) is 10.8 Å². The topological polar surface area (TPSA) is 107 Å². The van der Waals surface area contributed by atoms with E-state index >= 15 is 0 Å². The molecule has 3 N–H and O–H groups in total. The van der Waals surface area contributed by atoms with Gasteiger partial charge in [-0.05, 0) is 36.2 Å². The SMILES string of the molecule is NS(=O)(=O)c1ccc(CCNC(=O)c2cn(-c3ccccc3)nc2-c2ccccc2)cc1. The highest BCUT2D eigenvalue weighted by molar-refractivity contribution is 7.89. The number of nitrogens with two attached hydrogens (primary N) is 1. The zero-order valence-electron chi connectivity index (χ0n) is 17.2. The van der Waals surface area contributed by atoms with Gasteiger partial charge in [0.2, 0.25) is 10.0 Å². The van der Waals surface area contributed by atoms with Crippen LogP contribution in [-0.2, 0) is 16.4 Å². The molecule has 0 saturated heterocycles. The van der Waals surface area contributed by atoms with Gasteiger partial charge in [-0.2, -0.15) is 5.10 Å². The molecule has 0 fully saturated rings. The average molecular weight is 447 g/mol. The van der Waals surface area contributed by atoms with Crippen LogP contribution >= 0.6 is 0 Å². The van der Waals surface area contributed by atoms with Gasteiger partial charge in [0.05, 0.1) is 16.1 Å². The molecule has 1 heterocycles. The fourth-order valence-corrected chi connectivity index (χ4v) is 3.84. The van der Waals surface area contributed by atoms with E-state index in [0.717, 1.165) is 16.8 Å². The van der Waals surface area contributed by atoms with Gasteiger partial charge < -0.3 is 5.32 Å². The summed E-state index contributed by atoms with van der Waals surface area (Å²) in [6.07, 6.45) is 2.28. The molecule has 7 nitrogen and oxygen atoms in total. The lowest BCUT2D eigenvalue weighted by molar-refractivity contribution is 0.0954. The van der Waals surface area contributed by atoms with E-state index < -0.39 is 10.0 Å². The van der Waals surface area contributed by atoms with E-state index in [4.69, 9.17) is 5.14 Å². The number of benzene rings is 3. The van der Waals surface area contributed by atoms with Crippen LogP contribution in [0.3, 0.4) is 0 Å². The van der Waals surface area contributed by atoms with Crippen molar-refractivity contribution >= 4 is 15.9 Å². The summed E-state index contributed by atoms with van der Waals surface area (Å²) in [5, 5.41) is 12.7. The molecule has 162 valence electrons. The zero-order valence-corrected chi connectivity index (χ0v) is 18.0. The van der Waals surface area contributed by atoms with Crippen LogP contribution in [-0.4, -0.2) is 30.7 Å². The number of primary sulfonamides is 1. The summed E-state index contributed by atoms with van der Waals surface area (Å²) in [5.74, 6) is -0.229. The molecule has 8 heteroatoms. The van der Waals surface area contributed by atoms with Crippen molar-refractivity contribution in [1.82, 2.24) is 15.1 Å². The van der Waals surface area contributed by atoms with Crippen molar-refractivity contribution in [3.63, 3.8) is 0 Å². The molecule has 3 aromatic carbocycles. The number of hydrogen-bond donors (Lipinski definition) is 2. The van der Waals surface area contributed by atoms with Gasteiger partial charge in [0.15, 0.2) is 0 Å². The van der Waals surface area contributed by atoms with Crippen LogP contribution in [0.25, 0.3) is 16.9 Å². The second-order valence-corrected chi connectivity index (χ2v) is 8.79. The molecular formula is C24H22N4O3S. The predicted molar refractivity (Wildman–Crippen MR) is 123 cm³/mol. The lowest BCUT2D eigenvalue weighted by atomic mass is 10.1. The quantitative estimate of drug-likeness (QED) is 0.455. The maximum Gasteiger partial charge on any atom is 0.255 e. The van der Waals surface area contributed by atoms with Crippen molar-refractivity contribution in [2.24, 2.45) is 5.14 Å². The first-order valence-corrected chi connectivity index (χ1v) is 11.6. The van der Waals surface area contributed by atoms with E-state index in [1.807, 2.05) is 60.7 Å². The molecule has 1 aromatic heterocycles. The average Bonchev–Trinajstić information content (AvgIpc) is 3.26. The van der Waals surface area contributed by atoms with Gasteiger partial charge >= 0.3 is 0 Å². The number of aromatic nitrogens is 2. The third kappa shape index (κ3) is 4.93. The number of hydrogen-bond acceptors (Lipinski definition) is 4. The van der Waals surface area contributed by atoms with Crippen LogP contribution in [0, 0.1) is 0 Å². The third-order valence-electron chi connectivity index (χ3n) is 4.98. The maximum atomic E-state index is 13.0. The normalized spacial score (nSPS) is 11.3. The molecule has 0 aliphatic carbocycles. The Morgan fingerprint density at radius 3 is 2.16 bits per heavy atom. The van der Waals surface area contributed by atoms with Crippen LogP contribution < -0.4 is 10.5 Å². The molecule has 32 heavy (non-hydrogen) atoms. The fraction of sp³-hybridized carbons (Fsp3) is 0.0833. The highest BCUT2D eigenvalue weighted by Crippen LogP contribution is 2.23. The number of nitrogens with zero attached hydrogens (tertiary/aromatic N) is 2. The van der Waals surface area contributed by atoms with Crippen molar-refractivity contribution in [3.05, 3.63) is 102 Å². The van der Waals surface area contributed by atoms with E-state index in [1.54, 1.807) is 23.0 Å². The van der Waals surface area contributed by atoms with E-state index in [1.165, 1.54) is 12.1 Å². The Morgan fingerprint density at radius 1 is 0.906 bits per heavy atom. The summed E-state index contributed by atoms with van der Waals surface area (Å²) >= 11 is 0. The highest BCUT2D eigenvalue weighted by Gasteiger charge is 2.18. The van der Waals surface area contributed by atoms with Gasteiger partial charge in [-0.15, -0.1) is 0 Å². The van der Waals surface area contributed by atoms with Crippen molar-refractivity contribution in [2.45, 2.75) is 11.3 Å². The number of amides is 1. The fourth-order valence-electron chi connectivity index (χ4n) is 3.32. The van der Waals surface area contributed by atoms with Crippen LogP contribution in [0.5, 0.6) is 0 Å². The van der Waals surface area contributed by atoms with Crippen LogP contribution in [0.15, 0.2) is 96.0 Å². The molecule has 4 aromatic rings. The molecule has 0 saturated carbocycles. The molecule has 0 aliphatic rings. The number of nitrogens with one attached hydrogen (secondary N) is 1. The molecule has 1 amide bonds. The standard InChI is InChI=1S/C24H22N4O3S/c25-32(30,31)21-13-11-18(12-14-21)15-16-26-24(29)22-17-28(20-9-5-2-6-10-20)27-23(22)19-7-3-1-4-8-19/h1-14,17H,15-16H2,(H,26,29)(H2,25,30,31). The minimum Gasteiger partial charge on any atom is -0.352 e. The minimum absolute atomic E-state index is 0.0612. The van der Waals surface area contributed by atoms with Crippen LogP contribution in [0.1, 0.15) is 15.9 Å². The van der Waals surface area contributed by atoms with E-state index in [0.29, 0.717) is 24.2 Å². The van der Waals surface area contributed by atoms with Gasteiger partial charge in [0.1, 0.15) is 5.69 Å². The number of carbonyl (C=O) groups is 1. The number of carbonyl (C=O) groups excluding carboxylic acids is 1. The first-order valence-electron chi connectivity index (χ1n) is 10.0. The van der Waals surface area contributed by atoms with Gasteiger partial charge in [-0.25, -0.2) is 18.2 Å². The number of rotatable bonds is 7. The highest BCUT2D eigenvalue weighted by atomic mass is 32.2. The summed E-state index contributed by atoms with van der Waals surface area (Å²) in [7, 11) is -3.72. The first-order chi connectivity index (χ1) is 15.4. The lowest BCUT2D eigenvalue weighted by Gasteiger charge is -2.06. The molecule has 4 rings (SSSR count). The smallest absolute Gasteiger partial charge is 0.255 e. The number of sulfonamides is 1. The van der Waals surface area contributed by atoms with Crippen molar-refractivity contribution in [2.75, 3.05) is 6.54 Å². The second kappa shape index (κ2) is 9.17. The monoisotopic (exact) mass is 446 g/mol. The lowest BCUT2D eigenvalue weighted by Crippen LogP contribution is -2.25. The first kappa shape index (κ1) is 21.5. The molecule has 0 atom stereocenters. The molecule has 0 aliphatic heterocycles. The van der Waals surface area contributed by atoms with Gasteiger partial charge in [-0.3, -0.25) is 4.79 Å². The van der Waals surface area contributed by atoms with Crippen molar-refractivity contribution < 1.29 is 13.2 Å². The molecule has 0 spiro atoms. The van der Waals surface area contributed by atoms with E-state index in [2.05, 4.69) is 10.4 Å². The summed E-state index contributed by atoms with van der Waals surface area (Å²) in [5.41, 5.74) is 3.68. The van der Waals surface area contributed by atoms with Gasteiger partial charge in [0, 0.05) is 18.3 Å². The summed E-state index contributed by atoms with van der Waals surface area (Å²) < 4.78 is 24.4. The third-order valence-corrected chi connectivity index (χ3v) is 5.91. The summed E-state index contributed by atoms with van der Waals surface area (Å²) in [6, 6.07) is 25.5. The summed E-state index contributed by atoms with van der Waals surface area (Å²) in [4.78, 5) is 13.1. The van der Waals surface area contributed by atoms with Crippen molar-refractivity contribution in [3.8, 4) is 16.9 Å². The minimum atomic E-state index is -3.72. The predicted octanol–water partition coefficient (Wildman–Crippen LogP) is 3.16. The van der Waals surface area contributed by atoms with Crippen molar-refractivity contribution in [1.29, 1.82) is 0 Å². The number of para-hydroxylation sites is 1. The second-order valence-electron chi connectivity index (χ2n) is 7.23. The Balaban J connectivity index is 1.52. The van der Waals surface area contributed by atoms with Gasteiger partial charge in [-0.1, -0.05) is 60.7 Å². The van der Waals surface area contributed by atoms with Crippen LogP contribution in [0.4, 0.5) is 0 Å². The summed E-state index contributed by atoms with van der Waals surface area (Å²) in [6.45, 7) is 0.387. The Bertz CT molecular complexity index is 1320. The molecule has 0 bridgehead atoms. The largest absolute Gasteiger partial charge is 0.352 e. The van der Waals surface area contributed by atoms with E-state index in [9.17, 15) is 13.2 Å². The molecular weight excluding hydrogens is 424 g/mol. The molecule has 0 unspecified atom stereocenters. The Hall–Kier alpha value is -3.75.